The lowest BCUT2D eigenvalue weighted by Crippen LogP contribution is -2.36. The quantitative estimate of drug-likeness (QED) is 0.870. The molecular weight excluding hydrogens is 329 g/mol. The van der Waals surface area contributed by atoms with Crippen LogP contribution in [0.3, 0.4) is 0 Å². The second kappa shape index (κ2) is 6.27. The Labute approximate surface area is 141 Å². The van der Waals surface area contributed by atoms with Crippen LogP contribution in [-0.4, -0.2) is 32.4 Å². The first-order valence-electron chi connectivity index (χ1n) is 7.82. The average molecular weight is 349 g/mol. The molecule has 3 rings (SSSR count). The molecule has 1 fully saturated rings. The lowest BCUT2D eigenvalue weighted by molar-refractivity contribution is 0.125. The Bertz CT molecular complexity index is 825. The van der Waals surface area contributed by atoms with Crippen molar-refractivity contribution in [2.24, 2.45) is 5.73 Å². The average Bonchev–Trinajstić information content (AvgIpc) is 3.21. The fourth-order valence-electron chi connectivity index (χ4n) is 3.28. The molecule has 3 atom stereocenters. The summed E-state index contributed by atoms with van der Waals surface area (Å²) >= 11 is 0. The number of rotatable bonds is 6. The van der Waals surface area contributed by atoms with E-state index in [1.54, 1.807) is 42.5 Å². The molecule has 4 nitrogen and oxygen atoms in total. The van der Waals surface area contributed by atoms with Gasteiger partial charge >= 0.3 is 0 Å². The van der Waals surface area contributed by atoms with Crippen molar-refractivity contribution in [3.63, 3.8) is 0 Å². The predicted molar refractivity (Wildman–Crippen MR) is 90.0 cm³/mol. The van der Waals surface area contributed by atoms with Crippen LogP contribution >= 0.6 is 0 Å². The normalized spacial score (nSPS) is 26.3. The molecule has 1 saturated carbocycles. The highest BCUT2D eigenvalue weighted by Crippen LogP contribution is 2.55. The molecule has 2 aromatic carbocycles. The van der Waals surface area contributed by atoms with Gasteiger partial charge in [-0.25, -0.2) is 12.8 Å². The van der Waals surface area contributed by atoms with Gasteiger partial charge in [0.2, 0.25) is 0 Å². The Hall–Kier alpha value is -1.76. The minimum atomic E-state index is -3.64. The Morgan fingerprint density at radius 3 is 2.50 bits per heavy atom. The van der Waals surface area contributed by atoms with Gasteiger partial charge in [0.15, 0.2) is 9.84 Å². The maximum atomic E-state index is 13.6. The van der Waals surface area contributed by atoms with Gasteiger partial charge < -0.3 is 10.5 Å². The van der Waals surface area contributed by atoms with E-state index < -0.39 is 32.4 Å². The summed E-state index contributed by atoms with van der Waals surface area (Å²) in [7, 11) is -3.64. The van der Waals surface area contributed by atoms with E-state index in [0.29, 0.717) is 12.2 Å². The fraction of sp³-hybridized carbons (Fsp3) is 0.333. The monoisotopic (exact) mass is 349 g/mol. The molecule has 1 aliphatic rings. The molecule has 24 heavy (non-hydrogen) atoms. The summed E-state index contributed by atoms with van der Waals surface area (Å²) in [5.74, 6) is -0.904. The van der Waals surface area contributed by atoms with Crippen molar-refractivity contribution in [2.75, 3.05) is 13.2 Å². The molecule has 0 aromatic heterocycles. The molecule has 2 aromatic rings. The summed E-state index contributed by atoms with van der Waals surface area (Å²) in [6.45, 7) is 2.37. The van der Waals surface area contributed by atoms with Crippen molar-refractivity contribution in [3.05, 3.63) is 66.0 Å². The Morgan fingerprint density at radius 2 is 1.88 bits per heavy atom. The van der Waals surface area contributed by atoms with Gasteiger partial charge in [-0.1, -0.05) is 30.3 Å². The third-order valence-corrected chi connectivity index (χ3v) is 6.78. The number of benzene rings is 2. The van der Waals surface area contributed by atoms with Gasteiger partial charge in [0.05, 0.1) is 22.3 Å². The van der Waals surface area contributed by atoms with Crippen LogP contribution in [0.4, 0.5) is 4.39 Å². The van der Waals surface area contributed by atoms with Crippen LogP contribution in [0.25, 0.3) is 0 Å². The molecule has 0 amide bonds. The molecule has 0 aliphatic heterocycles. The van der Waals surface area contributed by atoms with Gasteiger partial charge in [0.1, 0.15) is 5.82 Å². The lowest BCUT2D eigenvalue weighted by Gasteiger charge is -2.12. The second-order valence-electron chi connectivity index (χ2n) is 6.06. The Morgan fingerprint density at radius 1 is 1.17 bits per heavy atom. The molecule has 6 heteroatoms. The number of halogens is 1. The number of hydrogen-bond acceptors (Lipinski definition) is 4. The maximum Gasteiger partial charge on any atom is 0.183 e. The highest BCUT2D eigenvalue weighted by Gasteiger charge is 2.69. The van der Waals surface area contributed by atoms with Crippen molar-refractivity contribution in [1.82, 2.24) is 0 Å². The Balaban J connectivity index is 2.01. The van der Waals surface area contributed by atoms with Gasteiger partial charge in [-0.2, -0.15) is 0 Å². The first-order chi connectivity index (χ1) is 11.4. The van der Waals surface area contributed by atoms with Gasteiger partial charge in [0.25, 0.3) is 0 Å². The van der Waals surface area contributed by atoms with E-state index in [1.165, 1.54) is 12.1 Å². The van der Waals surface area contributed by atoms with E-state index in [-0.39, 0.29) is 11.5 Å². The van der Waals surface area contributed by atoms with Gasteiger partial charge in [0, 0.05) is 12.5 Å². The first kappa shape index (κ1) is 17.1. The predicted octanol–water partition coefficient (Wildman–Crippen LogP) is 2.50. The summed E-state index contributed by atoms with van der Waals surface area (Å²) in [6, 6.07) is 14.2. The van der Waals surface area contributed by atoms with Crippen molar-refractivity contribution >= 4 is 9.84 Å². The third kappa shape index (κ3) is 2.85. The first-order valence-corrected chi connectivity index (χ1v) is 9.37. The maximum absolute atomic E-state index is 13.6. The van der Waals surface area contributed by atoms with Crippen LogP contribution in [-0.2, 0) is 14.6 Å². The van der Waals surface area contributed by atoms with Crippen molar-refractivity contribution in [2.45, 2.75) is 28.5 Å². The van der Waals surface area contributed by atoms with E-state index in [1.807, 2.05) is 6.92 Å². The van der Waals surface area contributed by atoms with E-state index in [0.717, 1.165) is 0 Å². The summed E-state index contributed by atoms with van der Waals surface area (Å²) < 4.78 is 45.0. The molecule has 0 radical (unpaired) electrons. The molecule has 0 bridgehead atoms. The smallest absolute Gasteiger partial charge is 0.183 e. The van der Waals surface area contributed by atoms with Crippen molar-refractivity contribution < 1.29 is 17.5 Å². The van der Waals surface area contributed by atoms with E-state index in [2.05, 4.69) is 0 Å². The standard InChI is InChI=1S/C18H20FNO3S/c1-2-23-12-18(20)16(13-7-6-8-14(19)11-13)17(18)24(21,22)15-9-4-3-5-10-15/h3-11,16-17H,2,12,20H2,1H3/t16-,17-,18-/m0/s1. The molecule has 1 aliphatic carbocycles. The second-order valence-corrected chi connectivity index (χ2v) is 8.13. The lowest BCUT2D eigenvalue weighted by atomic mass is 10.1. The highest BCUT2D eigenvalue weighted by molar-refractivity contribution is 7.92. The van der Waals surface area contributed by atoms with Crippen molar-refractivity contribution in [3.8, 4) is 0 Å². The zero-order valence-corrected chi connectivity index (χ0v) is 14.2. The van der Waals surface area contributed by atoms with Gasteiger partial charge in [-0.05, 0) is 36.8 Å². The molecule has 0 spiro atoms. The molecule has 128 valence electrons. The van der Waals surface area contributed by atoms with E-state index >= 15 is 0 Å². The van der Waals surface area contributed by atoms with E-state index in [9.17, 15) is 12.8 Å². The molecule has 2 N–H and O–H groups in total. The van der Waals surface area contributed by atoms with Gasteiger partial charge in [-0.3, -0.25) is 0 Å². The Kier molecular flexibility index (Phi) is 4.46. The molecular formula is C18H20FNO3S. The van der Waals surface area contributed by atoms with Crippen LogP contribution in [0.15, 0.2) is 59.5 Å². The summed E-state index contributed by atoms with van der Waals surface area (Å²) in [5, 5.41) is -0.833. The minimum absolute atomic E-state index is 0.113. The van der Waals surface area contributed by atoms with Crippen LogP contribution in [0.5, 0.6) is 0 Å². The topological polar surface area (TPSA) is 69.4 Å². The fourth-order valence-corrected chi connectivity index (χ4v) is 5.60. The summed E-state index contributed by atoms with van der Waals surface area (Å²) in [4.78, 5) is 0.222. The minimum Gasteiger partial charge on any atom is -0.380 e. The third-order valence-electron chi connectivity index (χ3n) is 4.47. The van der Waals surface area contributed by atoms with Crippen LogP contribution in [0.1, 0.15) is 18.4 Å². The molecule has 0 unspecified atom stereocenters. The zero-order valence-electron chi connectivity index (χ0n) is 13.4. The highest BCUT2D eigenvalue weighted by atomic mass is 32.2. The largest absolute Gasteiger partial charge is 0.380 e. The van der Waals surface area contributed by atoms with E-state index in [4.69, 9.17) is 10.5 Å². The molecule has 0 saturated heterocycles. The number of hydrogen-bond donors (Lipinski definition) is 1. The van der Waals surface area contributed by atoms with Crippen LogP contribution in [0.2, 0.25) is 0 Å². The zero-order chi connectivity index (χ0) is 17.4. The number of nitrogens with two attached hydrogens (primary N) is 1. The van der Waals surface area contributed by atoms with Crippen LogP contribution in [0, 0.1) is 5.82 Å². The van der Waals surface area contributed by atoms with Crippen molar-refractivity contribution in [1.29, 1.82) is 0 Å². The summed E-state index contributed by atoms with van der Waals surface area (Å²) in [5.41, 5.74) is 5.93. The van der Waals surface area contributed by atoms with Crippen LogP contribution < -0.4 is 5.73 Å². The molecule has 0 heterocycles. The van der Waals surface area contributed by atoms with Gasteiger partial charge in [-0.15, -0.1) is 0 Å². The SMILES string of the molecule is CCOC[C@]1(N)[C@@H](c2cccc(F)c2)[C@@H]1S(=O)(=O)c1ccccc1. The number of ether oxygens (including phenoxy) is 1. The summed E-state index contributed by atoms with van der Waals surface area (Å²) in [6.07, 6.45) is 0. The number of sulfone groups is 1.